The van der Waals surface area contributed by atoms with Gasteiger partial charge < -0.3 is 14.4 Å². The van der Waals surface area contributed by atoms with Crippen molar-refractivity contribution in [3.63, 3.8) is 0 Å². The monoisotopic (exact) mass is 251 g/mol. The van der Waals surface area contributed by atoms with Crippen LogP contribution in [0, 0.1) is 0 Å². The van der Waals surface area contributed by atoms with Crippen LogP contribution in [0.15, 0.2) is 0 Å². The second kappa shape index (κ2) is 7.37. The quantitative estimate of drug-likeness (QED) is 0.668. The summed E-state index contributed by atoms with van der Waals surface area (Å²) in [6, 6.07) is 0. The zero-order valence-corrected chi connectivity index (χ0v) is 12.2. The lowest BCUT2D eigenvalue weighted by atomic mass is 10.4. The number of hydrogen-bond donors (Lipinski definition) is 1. The van der Waals surface area contributed by atoms with Gasteiger partial charge in [0.25, 0.3) is 0 Å². The van der Waals surface area contributed by atoms with Gasteiger partial charge in [0.2, 0.25) is 8.32 Å². The van der Waals surface area contributed by atoms with Crippen molar-refractivity contribution in [1.82, 2.24) is 4.90 Å². The molecule has 16 heavy (non-hydrogen) atoms. The predicted octanol–water partition coefficient (Wildman–Crippen LogP) is 1.81. The van der Waals surface area contributed by atoms with E-state index in [1.165, 1.54) is 0 Å². The lowest BCUT2D eigenvalue weighted by molar-refractivity contribution is 0.0757. The lowest BCUT2D eigenvalue weighted by Gasteiger charge is -2.28. The number of rotatable bonds is 8. The molecule has 0 radical (unpaired) electrons. The van der Waals surface area contributed by atoms with E-state index in [-0.39, 0.29) is 6.61 Å². The van der Waals surface area contributed by atoms with Gasteiger partial charge in [-0.05, 0) is 33.6 Å². The zero-order valence-electron chi connectivity index (χ0n) is 11.2. The molecule has 0 aliphatic carbocycles. The van der Waals surface area contributed by atoms with Crippen LogP contribution in [-0.2, 0) is 4.43 Å². The van der Waals surface area contributed by atoms with E-state index in [0.717, 1.165) is 6.42 Å². The van der Waals surface area contributed by atoms with Gasteiger partial charge >= 0.3 is 0 Å². The fraction of sp³-hybridized carbons (Fsp3) is 1.00. The van der Waals surface area contributed by atoms with E-state index < -0.39 is 20.2 Å². The minimum absolute atomic E-state index is 0.238. The summed E-state index contributed by atoms with van der Waals surface area (Å²) in [4.78, 5) is 1.89. The van der Waals surface area contributed by atoms with Gasteiger partial charge in [0.15, 0.2) is 0 Å². The molecule has 2 atom stereocenters. The Morgan fingerprint density at radius 3 is 2.38 bits per heavy atom. The fourth-order valence-electron chi connectivity index (χ4n) is 1.48. The van der Waals surface area contributed by atoms with E-state index in [4.69, 9.17) is 4.43 Å². The molecule has 0 bridgehead atoms. The van der Waals surface area contributed by atoms with Crippen molar-refractivity contribution in [3.8, 4) is 0 Å². The van der Waals surface area contributed by atoms with Crippen LogP contribution in [-0.4, -0.2) is 57.5 Å². The van der Waals surface area contributed by atoms with E-state index in [0.29, 0.717) is 13.0 Å². The molecule has 0 aliphatic heterocycles. The first-order chi connectivity index (χ1) is 7.29. The minimum Gasteiger partial charge on any atom is -0.412 e. The Bertz CT molecular complexity index is 191. The van der Waals surface area contributed by atoms with E-state index in [1.54, 1.807) is 0 Å². The third-order valence-corrected chi connectivity index (χ3v) is 5.23. The standard InChI is InChI=1S/C11H26FNO2Si/c1-6-7-11(12)16(4,5)15-9-10(14)8-13(2)3/h10-11,14H,6-9H2,1-5H3. The molecule has 0 saturated carbocycles. The summed E-state index contributed by atoms with van der Waals surface area (Å²) in [5, 5.41) is 9.63. The van der Waals surface area contributed by atoms with Crippen molar-refractivity contribution in [2.75, 3.05) is 27.2 Å². The van der Waals surface area contributed by atoms with Crippen LogP contribution in [0.5, 0.6) is 0 Å². The third kappa shape index (κ3) is 6.58. The molecule has 0 heterocycles. The fourth-order valence-corrected chi connectivity index (χ4v) is 3.26. The van der Waals surface area contributed by atoms with Gasteiger partial charge in [-0.3, -0.25) is 0 Å². The molecule has 0 amide bonds. The van der Waals surface area contributed by atoms with Crippen LogP contribution in [0.25, 0.3) is 0 Å². The molecule has 0 aromatic heterocycles. The van der Waals surface area contributed by atoms with E-state index in [2.05, 4.69) is 0 Å². The summed E-state index contributed by atoms with van der Waals surface area (Å²) in [6.45, 7) is 6.50. The molecule has 0 aromatic rings. The highest BCUT2D eigenvalue weighted by molar-refractivity contribution is 6.72. The Morgan fingerprint density at radius 1 is 1.38 bits per heavy atom. The highest BCUT2D eigenvalue weighted by Crippen LogP contribution is 2.18. The number of nitrogens with zero attached hydrogens (tertiary/aromatic N) is 1. The number of aliphatic hydroxyl groups excluding tert-OH is 1. The molecule has 2 unspecified atom stereocenters. The van der Waals surface area contributed by atoms with Gasteiger partial charge in [-0.1, -0.05) is 13.3 Å². The molecule has 0 aromatic carbocycles. The minimum atomic E-state index is -2.29. The Hall–Kier alpha value is 0.0269. The number of alkyl halides is 1. The second-order valence-corrected chi connectivity index (χ2v) is 9.21. The van der Waals surface area contributed by atoms with Crippen molar-refractivity contribution in [1.29, 1.82) is 0 Å². The van der Waals surface area contributed by atoms with Crippen molar-refractivity contribution in [3.05, 3.63) is 0 Å². The highest BCUT2D eigenvalue weighted by atomic mass is 28.4. The SMILES string of the molecule is CCCC(F)[Si](C)(C)OCC(O)CN(C)C. The maximum Gasteiger partial charge on any atom is 0.221 e. The second-order valence-electron chi connectivity index (χ2n) is 5.09. The maximum absolute atomic E-state index is 13.7. The molecule has 98 valence electrons. The number of likely N-dealkylation sites (N-methyl/N-ethyl adjacent to an activating group) is 1. The molecular formula is C11H26FNO2Si. The molecule has 3 nitrogen and oxygen atoms in total. The topological polar surface area (TPSA) is 32.7 Å². The Kier molecular flexibility index (Phi) is 7.38. The van der Waals surface area contributed by atoms with Gasteiger partial charge in [0.05, 0.1) is 12.7 Å². The van der Waals surface area contributed by atoms with Crippen LogP contribution < -0.4 is 0 Å². The number of halogens is 1. The van der Waals surface area contributed by atoms with Crippen molar-refractivity contribution in [2.24, 2.45) is 0 Å². The lowest BCUT2D eigenvalue weighted by Crippen LogP contribution is -2.45. The molecule has 5 heteroatoms. The summed E-state index contributed by atoms with van der Waals surface area (Å²) in [7, 11) is 1.49. The smallest absolute Gasteiger partial charge is 0.221 e. The number of aliphatic hydroxyl groups is 1. The van der Waals surface area contributed by atoms with Gasteiger partial charge in [0, 0.05) is 6.54 Å². The third-order valence-electron chi connectivity index (χ3n) is 2.52. The normalized spacial score (nSPS) is 16.5. The zero-order chi connectivity index (χ0) is 12.8. The Balaban J connectivity index is 3.97. The first kappa shape index (κ1) is 16.0. The van der Waals surface area contributed by atoms with Crippen LogP contribution in [0.2, 0.25) is 13.1 Å². The summed E-state index contributed by atoms with van der Waals surface area (Å²) in [5.74, 6) is -0.843. The van der Waals surface area contributed by atoms with Crippen LogP contribution in [0.3, 0.4) is 0 Å². The van der Waals surface area contributed by atoms with Crippen LogP contribution in [0.1, 0.15) is 19.8 Å². The summed E-state index contributed by atoms with van der Waals surface area (Å²) in [6.07, 6.45) is 0.861. The Labute approximate surface area is 99.7 Å². The average molecular weight is 251 g/mol. The number of hydrogen-bond acceptors (Lipinski definition) is 3. The molecule has 1 N–H and O–H groups in total. The van der Waals surface area contributed by atoms with E-state index in [1.807, 2.05) is 39.0 Å². The van der Waals surface area contributed by atoms with Gasteiger partial charge in [0.1, 0.15) is 5.79 Å². The molecule has 0 rings (SSSR count). The highest BCUT2D eigenvalue weighted by Gasteiger charge is 2.33. The molecule has 0 fully saturated rings. The predicted molar refractivity (Wildman–Crippen MR) is 67.8 cm³/mol. The van der Waals surface area contributed by atoms with Crippen molar-refractivity contribution in [2.45, 2.75) is 44.8 Å². The first-order valence-electron chi connectivity index (χ1n) is 5.90. The van der Waals surface area contributed by atoms with Gasteiger partial charge in [-0.2, -0.15) is 0 Å². The first-order valence-corrected chi connectivity index (χ1v) is 8.89. The van der Waals surface area contributed by atoms with Crippen molar-refractivity contribution < 1.29 is 13.9 Å². The van der Waals surface area contributed by atoms with Crippen LogP contribution >= 0.6 is 0 Å². The largest absolute Gasteiger partial charge is 0.412 e. The van der Waals surface area contributed by atoms with Crippen LogP contribution in [0.4, 0.5) is 4.39 Å². The van der Waals surface area contributed by atoms with E-state index in [9.17, 15) is 9.50 Å². The maximum atomic E-state index is 13.7. The Morgan fingerprint density at radius 2 is 1.94 bits per heavy atom. The summed E-state index contributed by atoms with van der Waals surface area (Å²) < 4.78 is 19.3. The van der Waals surface area contributed by atoms with Crippen molar-refractivity contribution >= 4 is 8.32 Å². The van der Waals surface area contributed by atoms with E-state index >= 15 is 0 Å². The average Bonchev–Trinajstić information content (AvgIpc) is 2.14. The molecule has 0 saturated heterocycles. The molecular weight excluding hydrogens is 225 g/mol. The summed E-state index contributed by atoms with van der Waals surface area (Å²) in [5.41, 5.74) is 0. The molecule has 0 spiro atoms. The molecule has 0 aliphatic rings. The summed E-state index contributed by atoms with van der Waals surface area (Å²) >= 11 is 0. The van der Waals surface area contributed by atoms with Gasteiger partial charge in [-0.25, -0.2) is 4.39 Å². The van der Waals surface area contributed by atoms with Gasteiger partial charge in [-0.15, -0.1) is 0 Å².